The average Bonchev–Trinajstić information content (AvgIpc) is 2.74. The number of imidazole rings is 1. The molecular formula is C15H23N3O. The van der Waals surface area contributed by atoms with Gasteiger partial charge >= 0.3 is 0 Å². The summed E-state index contributed by atoms with van der Waals surface area (Å²) in [7, 11) is 3.82. The van der Waals surface area contributed by atoms with Gasteiger partial charge in [0, 0.05) is 20.2 Å². The zero-order valence-electron chi connectivity index (χ0n) is 12.0. The van der Waals surface area contributed by atoms with Gasteiger partial charge in [0.25, 0.3) is 0 Å². The van der Waals surface area contributed by atoms with Crippen LogP contribution in [0.3, 0.4) is 0 Å². The molecule has 1 N–H and O–H groups in total. The first-order valence-corrected chi connectivity index (χ1v) is 6.89. The molecule has 1 unspecified atom stereocenters. The highest BCUT2D eigenvalue weighted by molar-refractivity contribution is 5.75. The SMILES string of the molecule is CCCC(COC)NCc1nc2ccccc2n1C. The Morgan fingerprint density at radius 1 is 1.37 bits per heavy atom. The number of aryl methyl sites for hydroxylation is 1. The average molecular weight is 261 g/mol. The van der Waals surface area contributed by atoms with Gasteiger partial charge < -0.3 is 14.6 Å². The fraction of sp³-hybridized carbons (Fsp3) is 0.533. The van der Waals surface area contributed by atoms with Crippen molar-refractivity contribution in [2.24, 2.45) is 7.05 Å². The summed E-state index contributed by atoms with van der Waals surface area (Å²) >= 11 is 0. The third-order valence-electron chi connectivity index (χ3n) is 3.43. The van der Waals surface area contributed by atoms with Gasteiger partial charge in [-0.25, -0.2) is 4.98 Å². The summed E-state index contributed by atoms with van der Waals surface area (Å²) in [5, 5.41) is 3.53. The van der Waals surface area contributed by atoms with E-state index in [0.717, 1.165) is 37.3 Å². The molecule has 1 atom stereocenters. The van der Waals surface area contributed by atoms with Gasteiger partial charge in [0.15, 0.2) is 0 Å². The highest BCUT2D eigenvalue weighted by atomic mass is 16.5. The van der Waals surface area contributed by atoms with E-state index in [-0.39, 0.29) is 0 Å². The summed E-state index contributed by atoms with van der Waals surface area (Å²) in [5.41, 5.74) is 2.23. The predicted molar refractivity (Wildman–Crippen MR) is 78.1 cm³/mol. The summed E-state index contributed by atoms with van der Waals surface area (Å²) in [6.45, 7) is 3.72. The van der Waals surface area contributed by atoms with Gasteiger partial charge in [0.2, 0.25) is 0 Å². The van der Waals surface area contributed by atoms with Crippen molar-refractivity contribution in [2.45, 2.75) is 32.4 Å². The van der Waals surface area contributed by atoms with E-state index in [2.05, 4.69) is 41.0 Å². The van der Waals surface area contributed by atoms with Crippen LogP contribution in [-0.4, -0.2) is 29.3 Å². The fourth-order valence-corrected chi connectivity index (χ4v) is 2.38. The number of hydrogen-bond donors (Lipinski definition) is 1. The van der Waals surface area contributed by atoms with Crippen LogP contribution >= 0.6 is 0 Å². The second-order valence-corrected chi connectivity index (χ2v) is 4.90. The van der Waals surface area contributed by atoms with E-state index >= 15 is 0 Å². The van der Waals surface area contributed by atoms with E-state index in [1.54, 1.807) is 7.11 Å². The maximum absolute atomic E-state index is 5.24. The van der Waals surface area contributed by atoms with Crippen LogP contribution in [0.15, 0.2) is 24.3 Å². The Labute approximate surface area is 114 Å². The minimum absolute atomic E-state index is 0.398. The van der Waals surface area contributed by atoms with Crippen LogP contribution in [0.2, 0.25) is 0 Å². The summed E-state index contributed by atoms with van der Waals surface area (Å²) in [6.07, 6.45) is 2.28. The van der Waals surface area contributed by atoms with E-state index in [9.17, 15) is 0 Å². The number of hydrogen-bond acceptors (Lipinski definition) is 3. The van der Waals surface area contributed by atoms with Gasteiger partial charge in [-0.2, -0.15) is 0 Å². The molecule has 0 amide bonds. The molecule has 1 aromatic carbocycles. The number of para-hydroxylation sites is 2. The largest absolute Gasteiger partial charge is 0.383 e. The van der Waals surface area contributed by atoms with Crippen LogP contribution in [0.25, 0.3) is 11.0 Å². The van der Waals surface area contributed by atoms with Crippen LogP contribution in [0.1, 0.15) is 25.6 Å². The van der Waals surface area contributed by atoms with Crippen LogP contribution in [0.4, 0.5) is 0 Å². The van der Waals surface area contributed by atoms with Crippen molar-refractivity contribution in [2.75, 3.05) is 13.7 Å². The summed E-state index contributed by atoms with van der Waals surface area (Å²) in [5.74, 6) is 1.07. The van der Waals surface area contributed by atoms with Crippen molar-refractivity contribution in [1.82, 2.24) is 14.9 Å². The smallest absolute Gasteiger partial charge is 0.123 e. The van der Waals surface area contributed by atoms with E-state index in [4.69, 9.17) is 4.74 Å². The van der Waals surface area contributed by atoms with Gasteiger partial charge in [-0.05, 0) is 18.6 Å². The number of rotatable bonds is 7. The molecule has 0 saturated carbocycles. The van der Waals surface area contributed by atoms with Crippen molar-refractivity contribution in [3.05, 3.63) is 30.1 Å². The van der Waals surface area contributed by atoms with E-state index < -0.39 is 0 Å². The number of aromatic nitrogens is 2. The normalized spacial score (nSPS) is 13.0. The molecule has 104 valence electrons. The highest BCUT2D eigenvalue weighted by Gasteiger charge is 2.10. The molecule has 0 aliphatic heterocycles. The van der Waals surface area contributed by atoms with Gasteiger partial charge in [-0.15, -0.1) is 0 Å². The van der Waals surface area contributed by atoms with Gasteiger partial charge in [0.1, 0.15) is 5.82 Å². The summed E-state index contributed by atoms with van der Waals surface area (Å²) < 4.78 is 7.40. The van der Waals surface area contributed by atoms with Crippen LogP contribution in [0, 0.1) is 0 Å². The minimum Gasteiger partial charge on any atom is -0.383 e. The Hall–Kier alpha value is -1.39. The maximum Gasteiger partial charge on any atom is 0.123 e. The van der Waals surface area contributed by atoms with Crippen LogP contribution < -0.4 is 5.32 Å². The maximum atomic E-state index is 5.24. The Kier molecular flexibility index (Phi) is 4.93. The molecule has 1 heterocycles. The summed E-state index contributed by atoms with van der Waals surface area (Å²) in [6, 6.07) is 8.63. The van der Waals surface area contributed by atoms with Gasteiger partial charge in [-0.1, -0.05) is 25.5 Å². The number of ether oxygens (including phenoxy) is 1. The summed E-state index contributed by atoms with van der Waals surface area (Å²) in [4.78, 5) is 4.66. The van der Waals surface area contributed by atoms with Crippen molar-refractivity contribution < 1.29 is 4.74 Å². The lowest BCUT2D eigenvalue weighted by Gasteiger charge is -2.16. The third-order valence-corrected chi connectivity index (χ3v) is 3.43. The Bertz CT molecular complexity index is 515. The second kappa shape index (κ2) is 6.68. The topological polar surface area (TPSA) is 39.1 Å². The number of nitrogens with one attached hydrogen (secondary N) is 1. The van der Waals surface area contributed by atoms with Crippen molar-refractivity contribution in [3.8, 4) is 0 Å². The molecule has 4 nitrogen and oxygen atoms in total. The van der Waals surface area contributed by atoms with Crippen LogP contribution in [-0.2, 0) is 18.3 Å². The zero-order chi connectivity index (χ0) is 13.7. The number of methoxy groups -OCH3 is 1. The highest BCUT2D eigenvalue weighted by Crippen LogP contribution is 2.14. The van der Waals surface area contributed by atoms with E-state index in [1.165, 1.54) is 5.52 Å². The molecule has 0 fully saturated rings. The first-order chi connectivity index (χ1) is 9.26. The monoisotopic (exact) mass is 261 g/mol. The van der Waals surface area contributed by atoms with Crippen molar-refractivity contribution in [3.63, 3.8) is 0 Å². The molecule has 0 saturated heterocycles. The molecule has 0 bridgehead atoms. The first-order valence-electron chi connectivity index (χ1n) is 6.89. The Morgan fingerprint density at radius 3 is 2.84 bits per heavy atom. The van der Waals surface area contributed by atoms with Crippen molar-refractivity contribution >= 4 is 11.0 Å². The standard InChI is InChI=1S/C15H23N3O/c1-4-7-12(11-19-3)16-10-15-17-13-8-5-6-9-14(13)18(15)2/h5-6,8-9,12,16H,4,7,10-11H2,1-3H3. The molecular weight excluding hydrogens is 238 g/mol. The molecule has 19 heavy (non-hydrogen) atoms. The third kappa shape index (κ3) is 3.33. The molecule has 1 aromatic heterocycles. The molecule has 4 heteroatoms. The Balaban J connectivity index is 2.06. The molecule has 2 aromatic rings. The molecule has 2 rings (SSSR count). The molecule has 0 spiro atoms. The zero-order valence-corrected chi connectivity index (χ0v) is 12.0. The number of benzene rings is 1. The minimum atomic E-state index is 0.398. The lowest BCUT2D eigenvalue weighted by atomic mass is 10.2. The van der Waals surface area contributed by atoms with E-state index in [0.29, 0.717) is 6.04 Å². The van der Waals surface area contributed by atoms with Crippen molar-refractivity contribution in [1.29, 1.82) is 0 Å². The predicted octanol–water partition coefficient (Wildman–Crippen LogP) is 2.48. The number of fused-ring (bicyclic) bond motifs is 1. The van der Waals surface area contributed by atoms with Gasteiger partial charge in [0.05, 0.1) is 24.2 Å². The lowest BCUT2D eigenvalue weighted by molar-refractivity contribution is 0.161. The first kappa shape index (κ1) is 14.0. The fourth-order valence-electron chi connectivity index (χ4n) is 2.38. The lowest BCUT2D eigenvalue weighted by Crippen LogP contribution is -2.33. The van der Waals surface area contributed by atoms with Crippen LogP contribution in [0.5, 0.6) is 0 Å². The quantitative estimate of drug-likeness (QED) is 0.832. The second-order valence-electron chi connectivity index (χ2n) is 4.90. The molecule has 0 aliphatic rings. The molecule has 0 aliphatic carbocycles. The van der Waals surface area contributed by atoms with Gasteiger partial charge in [-0.3, -0.25) is 0 Å². The van der Waals surface area contributed by atoms with E-state index in [1.807, 2.05) is 12.1 Å². The number of nitrogens with zero attached hydrogens (tertiary/aromatic N) is 2. The molecule has 0 radical (unpaired) electrons. The Morgan fingerprint density at radius 2 is 2.16 bits per heavy atom.